The molecule has 1 aromatic heterocycles. The van der Waals surface area contributed by atoms with Gasteiger partial charge in [0.15, 0.2) is 6.29 Å². The molecule has 2 aromatic rings. The van der Waals surface area contributed by atoms with Gasteiger partial charge in [-0.05, 0) is 51.0 Å². The van der Waals surface area contributed by atoms with Gasteiger partial charge in [-0.3, -0.25) is 9.69 Å². The van der Waals surface area contributed by atoms with E-state index in [-0.39, 0.29) is 31.4 Å². The minimum absolute atomic E-state index is 0.0687. The van der Waals surface area contributed by atoms with Crippen molar-refractivity contribution >= 4 is 34.8 Å². The largest absolute Gasteiger partial charge is 0.395 e. The minimum atomic E-state index is -0.299. The number of halogens is 1. The molecule has 3 aliphatic heterocycles. The number of anilines is 2. The lowest BCUT2D eigenvalue weighted by molar-refractivity contribution is 0.0944. The number of para-hydroxylation sites is 1. The first-order valence-electron chi connectivity index (χ1n) is 13.4. The molecule has 38 heavy (non-hydrogen) atoms. The van der Waals surface area contributed by atoms with Gasteiger partial charge in [0.05, 0.1) is 17.2 Å². The van der Waals surface area contributed by atoms with Crippen molar-refractivity contribution in [2.24, 2.45) is 4.99 Å². The molecular weight excluding hydrogens is 502 g/mol. The Hall–Kier alpha value is -3.14. The number of aliphatic hydroxyl groups is 1. The van der Waals surface area contributed by atoms with Gasteiger partial charge in [-0.25, -0.2) is 9.98 Å². The van der Waals surface area contributed by atoms with Gasteiger partial charge in [-0.2, -0.15) is 0 Å². The second-order valence-corrected chi connectivity index (χ2v) is 10.5. The summed E-state index contributed by atoms with van der Waals surface area (Å²) >= 11 is 6.56. The molecule has 4 heterocycles. The summed E-state index contributed by atoms with van der Waals surface area (Å²) in [6.45, 7) is 7.88. The van der Waals surface area contributed by atoms with Gasteiger partial charge < -0.3 is 25.1 Å². The average molecular weight is 538 g/mol. The van der Waals surface area contributed by atoms with Crippen LogP contribution < -0.4 is 15.1 Å². The lowest BCUT2D eigenvalue weighted by Gasteiger charge is -2.44. The Morgan fingerprint density at radius 1 is 1.16 bits per heavy atom. The molecule has 3 atom stereocenters. The van der Waals surface area contributed by atoms with Crippen LogP contribution in [-0.2, 0) is 0 Å². The minimum Gasteiger partial charge on any atom is -0.395 e. The third kappa shape index (κ3) is 5.50. The lowest BCUT2D eigenvalue weighted by atomic mass is 10.1. The number of carbonyl (C=O) groups is 1. The van der Waals surface area contributed by atoms with Gasteiger partial charge in [-0.15, -0.1) is 0 Å². The van der Waals surface area contributed by atoms with Crippen molar-refractivity contribution in [3.63, 3.8) is 0 Å². The molecule has 3 aliphatic rings. The zero-order valence-corrected chi connectivity index (χ0v) is 22.8. The molecule has 0 spiro atoms. The fraction of sp³-hybridized carbons (Fsp3) is 0.464. The zero-order chi connectivity index (χ0) is 26.6. The Kier molecular flexibility index (Phi) is 8.16. The van der Waals surface area contributed by atoms with E-state index in [1.165, 1.54) is 12.8 Å². The Bertz CT molecular complexity index is 1190. The molecule has 5 rings (SSSR count). The maximum absolute atomic E-state index is 12.2. The molecule has 1 unspecified atom stereocenters. The van der Waals surface area contributed by atoms with E-state index in [9.17, 15) is 4.79 Å². The van der Waals surface area contributed by atoms with Crippen LogP contribution >= 0.6 is 11.6 Å². The van der Waals surface area contributed by atoms with Crippen LogP contribution in [0.3, 0.4) is 0 Å². The summed E-state index contributed by atoms with van der Waals surface area (Å²) in [6, 6.07) is 12.8. The van der Waals surface area contributed by atoms with Crippen LogP contribution in [0, 0.1) is 0 Å². The van der Waals surface area contributed by atoms with Crippen molar-refractivity contribution in [1.82, 2.24) is 20.1 Å². The van der Waals surface area contributed by atoms with Crippen molar-refractivity contribution in [1.29, 1.82) is 0 Å². The van der Waals surface area contributed by atoms with Crippen LogP contribution in [0.25, 0.3) is 0 Å². The number of aliphatic hydroxyl groups excluding tert-OH is 1. The van der Waals surface area contributed by atoms with Gasteiger partial charge in [0.2, 0.25) is 0 Å². The normalized spacial score (nSPS) is 24.1. The van der Waals surface area contributed by atoms with E-state index in [1.54, 1.807) is 12.3 Å². The van der Waals surface area contributed by atoms with Gasteiger partial charge in [0.1, 0.15) is 11.7 Å². The number of carbonyl (C=O) groups excluding carboxylic acids is 1. The number of benzene rings is 1. The number of aliphatic imine (C=N–C) groups is 1. The molecule has 1 aromatic carbocycles. The fourth-order valence-corrected chi connectivity index (χ4v) is 5.80. The molecule has 1 amide bonds. The quantitative estimate of drug-likeness (QED) is 0.585. The van der Waals surface area contributed by atoms with Crippen molar-refractivity contribution < 1.29 is 9.90 Å². The summed E-state index contributed by atoms with van der Waals surface area (Å²) < 4.78 is 0. The Morgan fingerprint density at radius 3 is 2.66 bits per heavy atom. The molecule has 2 fully saturated rings. The first-order chi connectivity index (χ1) is 18.5. The van der Waals surface area contributed by atoms with Crippen LogP contribution in [0.15, 0.2) is 59.9 Å². The number of rotatable bonds is 6. The molecule has 9 nitrogen and oxygen atoms in total. The van der Waals surface area contributed by atoms with E-state index in [1.807, 2.05) is 6.07 Å². The van der Waals surface area contributed by atoms with E-state index in [4.69, 9.17) is 21.7 Å². The molecule has 2 N–H and O–H groups in total. The number of hydrogen-bond donors (Lipinski definition) is 2. The van der Waals surface area contributed by atoms with Crippen molar-refractivity contribution in [2.45, 2.75) is 45.1 Å². The van der Waals surface area contributed by atoms with Crippen LogP contribution in [0.5, 0.6) is 0 Å². The van der Waals surface area contributed by atoms with Gasteiger partial charge in [0.25, 0.3) is 5.91 Å². The monoisotopic (exact) mass is 537 g/mol. The number of pyridine rings is 1. The molecule has 2 saturated heterocycles. The summed E-state index contributed by atoms with van der Waals surface area (Å²) in [6.07, 6.45) is 8.16. The molecule has 0 saturated carbocycles. The molecule has 0 bridgehead atoms. The third-order valence-corrected chi connectivity index (χ3v) is 7.82. The predicted octanol–water partition coefficient (Wildman–Crippen LogP) is 3.17. The summed E-state index contributed by atoms with van der Waals surface area (Å²) in [5, 5.41) is 12.0. The van der Waals surface area contributed by atoms with Crippen LogP contribution in [0.2, 0.25) is 5.02 Å². The van der Waals surface area contributed by atoms with E-state index >= 15 is 0 Å². The predicted molar refractivity (Wildman–Crippen MR) is 152 cm³/mol. The second kappa shape index (κ2) is 11.7. The van der Waals surface area contributed by atoms with Gasteiger partial charge >= 0.3 is 0 Å². The Morgan fingerprint density at radius 2 is 1.97 bits per heavy atom. The first-order valence-corrected chi connectivity index (χ1v) is 13.8. The van der Waals surface area contributed by atoms with E-state index in [0.29, 0.717) is 22.4 Å². The van der Waals surface area contributed by atoms with Crippen LogP contribution in [0.4, 0.5) is 11.5 Å². The van der Waals surface area contributed by atoms with Crippen molar-refractivity contribution in [3.05, 3.63) is 65.5 Å². The number of aromatic nitrogens is 1. The second-order valence-electron chi connectivity index (χ2n) is 10.1. The van der Waals surface area contributed by atoms with E-state index in [2.05, 4.69) is 80.3 Å². The highest BCUT2D eigenvalue weighted by molar-refractivity contribution is 6.33. The van der Waals surface area contributed by atoms with Crippen LogP contribution in [0.1, 0.15) is 37.0 Å². The highest BCUT2D eigenvalue weighted by atomic mass is 35.5. The highest BCUT2D eigenvalue weighted by Gasteiger charge is 2.35. The maximum atomic E-state index is 12.2. The lowest BCUT2D eigenvalue weighted by Crippen LogP contribution is -2.56. The Labute approximate surface area is 229 Å². The number of nitrogens with one attached hydrogen (secondary N) is 1. The number of likely N-dealkylation sites (tertiary alicyclic amines) is 1. The van der Waals surface area contributed by atoms with Crippen molar-refractivity contribution in [2.75, 3.05) is 49.1 Å². The SMILES string of the molecule is C[C@@H]1CN(c2ncc(C(=O)NCCO)cc2Cl)CCN1C1=NC(N2CCC[C@H]2C)N(c2ccccc2)C=C1. The molecular formula is C28H36ClN7O2. The summed E-state index contributed by atoms with van der Waals surface area (Å²) in [4.78, 5) is 31.3. The zero-order valence-electron chi connectivity index (χ0n) is 22.0. The molecule has 202 valence electrons. The fourth-order valence-electron chi connectivity index (χ4n) is 5.52. The number of amidine groups is 1. The molecule has 10 heteroatoms. The number of nitrogens with zero attached hydrogens (tertiary/aromatic N) is 6. The van der Waals surface area contributed by atoms with Crippen molar-refractivity contribution in [3.8, 4) is 0 Å². The smallest absolute Gasteiger partial charge is 0.252 e. The van der Waals surface area contributed by atoms with E-state index in [0.717, 1.165) is 37.7 Å². The van der Waals surface area contributed by atoms with Gasteiger partial charge in [0, 0.05) is 62.9 Å². The number of hydrogen-bond acceptors (Lipinski definition) is 8. The topological polar surface area (TPSA) is 87.5 Å². The van der Waals surface area contributed by atoms with E-state index < -0.39 is 0 Å². The summed E-state index contributed by atoms with van der Waals surface area (Å²) in [5.74, 6) is 1.38. The third-order valence-electron chi connectivity index (χ3n) is 7.54. The maximum Gasteiger partial charge on any atom is 0.252 e. The standard InChI is InChI=1S/C28H36ClN7O2/c1-20-7-6-12-35(20)28-32-25(10-13-36(28)23-8-4-3-5-9-23)34-15-14-33(19-21(34)2)26-24(29)17-22(18-31-26)27(38)30-11-16-37/h3-5,8-10,13,17-18,20-21,28,37H,6-7,11-12,14-16,19H2,1-2H3,(H,30,38)/t20-,21-,28?/m1/s1. The summed E-state index contributed by atoms with van der Waals surface area (Å²) in [7, 11) is 0. The number of amides is 1. The average Bonchev–Trinajstić information content (AvgIpc) is 3.37. The Balaban J connectivity index is 1.31. The first kappa shape index (κ1) is 26.5. The number of piperazine rings is 1. The van der Waals surface area contributed by atoms with Crippen LogP contribution in [-0.4, -0.2) is 89.3 Å². The highest BCUT2D eigenvalue weighted by Crippen LogP contribution is 2.30. The summed E-state index contributed by atoms with van der Waals surface area (Å²) in [5.41, 5.74) is 1.52. The molecule has 0 aliphatic carbocycles. The van der Waals surface area contributed by atoms with Gasteiger partial charge in [-0.1, -0.05) is 29.8 Å². The molecule has 0 radical (unpaired) electrons.